The summed E-state index contributed by atoms with van der Waals surface area (Å²) in [5, 5.41) is 24.7. The molecule has 104 valence electrons. The van der Waals surface area contributed by atoms with Crippen molar-refractivity contribution in [2.24, 2.45) is 10.9 Å². The first kappa shape index (κ1) is 16.9. The fourth-order valence-corrected chi connectivity index (χ4v) is 2.64. The van der Waals surface area contributed by atoms with E-state index in [1.165, 1.54) is 0 Å². The van der Waals surface area contributed by atoms with Gasteiger partial charge in [-0.2, -0.15) is 0 Å². The molecule has 0 spiro atoms. The Bertz CT molecular complexity index is 579. The van der Waals surface area contributed by atoms with Gasteiger partial charge in [-0.1, -0.05) is 31.2 Å². The molecule has 0 aromatic heterocycles. The van der Waals surface area contributed by atoms with Crippen molar-refractivity contribution in [1.82, 2.24) is 5.32 Å². The Labute approximate surface area is 167 Å². The number of phenols is 1. The van der Waals surface area contributed by atoms with E-state index >= 15 is 0 Å². The number of benzene rings is 1. The van der Waals surface area contributed by atoms with Crippen molar-refractivity contribution in [1.29, 1.82) is 0 Å². The standard InChI is InChI=1S/C16H17N2O2.K/c1-16(20)10-14(11-4-2-3-5-11)17-15(18-16)12-6-8-13(19)9-7-12;/h2-9,11,14,19H,10H2,1H3,(H,17,18);/q-1;+1. The van der Waals surface area contributed by atoms with Crippen LogP contribution in [0, 0.1) is 5.92 Å². The largest absolute Gasteiger partial charge is 1.00 e. The number of amidine groups is 1. The van der Waals surface area contributed by atoms with Crippen molar-refractivity contribution in [3.8, 4) is 5.75 Å². The van der Waals surface area contributed by atoms with Gasteiger partial charge in [-0.15, -0.1) is 0 Å². The van der Waals surface area contributed by atoms with Gasteiger partial charge in [0.25, 0.3) is 0 Å². The monoisotopic (exact) mass is 308 g/mol. The quantitative estimate of drug-likeness (QED) is 0.642. The zero-order chi connectivity index (χ0) is 14.2. The van der Waals surface area contributed by atoms with Gasteiger partial charge < -0.3 is 15.5 Å². The van der Waals surface area contributed by atoms with Gasteiger partial charge in [0.05, 0.1) is 6.04 Å². The van der Waals surface area contributed by atoms with E-state index in [1.54, 1.807) is 31.2 Å². The molecule has 3 rings (SSSR count). The molecule has 0 fully saturated rings. The molecule has 2 aliphatic rings. The van der Waals surface area contributed by atoms with Crippen LogP contribution in [0.3, 0.4) is 0 Å². The molecule has 0 saturated carbocycles. The van der Waals surface area contributed by atoms with Crippen LogP contribution < -0.4 is 61.8 Å². The van der Waals surface area contributed by atoms with Crippen LogP contribution in [0.4, 0.5) is 0 Å². The molecule has 2 atom stereocenters. The van der Waals surface area contributed by atoms with Crippen LogP contribution in [0.2, 0.25) is 0 Å². The Morgan fingerprint density at radius 3 is 2.48 bits per heavy atom. The number of aromatic hydroxyl groups is 1. The van der Waals surface area contributed by atoms with Crippen LogP contribution in [-0.2, 0) is 0 Å². The third-order valence-corrected chi connectivity index (χ3v) is 3.64. The van der Waals surface area contributed by atoms with Crippen molar-refractivity contribution in [3.63, 3.8) is 0 Å². The number of aliphatic imine (C=N–C) groups is 1. The minimum atomic E-state index is -1.23. The summed E-state index contributed by atoms with van der Waals surface area (Å²) in [6.45, 7) is 1.65. The van der Waals surface area contributed by atoms with Gasteiger partial charge in [-0.25, -0.2) is 0 Å². The van der Waals surface area contributed by atoms with Crippen molar-refractivity contribution < 1.29 is 61.6 Å². The summed E-state index contributed by atoms with van der Waals surface area (Å²) < 4.78 is 0. The Kier molecular flexibility index (Phi) is 5.46. The fraction of sp³-hybridized carbons (Fsp3) is 0.312. The summed E-state index contributed by atoms with van der Waals surface area (Å²) in [5.74, 6) is 0.998. The first-order chi connectivity index (χ1) is 9.53. The summed E-state index contributed by atoms with van der Waals surface area (Å²) in [5.41, 5.74) is -0.412. The minimum absolute atomic E-state index is 0. The maximum Gasteiger partial charge on any atom is 1.00 e. The van der Waals surface area contributed by atoms with E-state index in [-0.39, 0.29) is 69.1 Å². The van der Waals surface area contributed by atoms with E-state index in [1.807, 2.05) is 12.2 Å². The molecule has 2 unspecified atom stereocenters. The molecule has 2 N–H and O–H groups in total. The number of nitrogens with one attached hydrogen (secondary N) is 1. The third kappa shape index (κ3) is 4.06. The molecule has 1 aromatic carbocycles. The van der Waals surface area contributed by atoms with Gasteiger partial charge in [0.2, 0.25) is 0 Å². The van der Waals surface area contributed by atoms with Gasteiger partial charge in [0.15, 0.2) is 0 Å². The Morgan fingerprint density at radius 2 is 1.86 bits per heavy atom. The molecule has 1 heterocycles. The second-order valence-corrected chi connectivity index (χ2v) is 5.50. The van der Waals surface area contributed by atoms with E-state index in [0.29, 0.717) is 12.3 Å². The van der Waals surface area contributed by atoms with E-state index in [0.717, 1.165) is 5.56 Å². The molecule has 1 aromatic rings. The van der Waals surface area contributed by atoms with Crippen LogP contribution in [0.15, 0.2) is 53.6 Å². The number of phenolic OH excluding ortho intramolecular Hbond substituents is 1. The second-order valence-electron chi connectivity index (χ2n) is 5.50. The van der Waals surface area contributed by atoms with Crippen LogP contribution in [0.25, 0.3) is 0 Å². The predicted molar refractivity (Wildman–Crippen MR) is 76.4 cm³/mol. The molecule has 5 heteroatoms. The van der Waals surface area contributed by atoms with E-state index < -0.39 is 5.72 Å². The smallest absolute Gasteiger partial charge is 0.834 e. The number of rotatable bonds is 2. The van der Waals surface area contributed by atoms with Gasteiger partial charge >= 0.3 is 51.4 Å². The van der Waals surface area contributed by atoms with Gasteiger partial charge in [-0.3, -0.25) is 4.99 Å². The molecule has 1 aliphatic heterocycles. The van der Waals surface area contributed by atoms with Crippen molar-refractivity contribution in [2.75, 3.05) is 0 Å². The number of allylic oxidation sites excluding steroid dienone is 2. The molecule has 0 radical (unpaired) electrons. The Morgan fingerprint density at radius 1 is 1.24 bits per heavy atom. The summed E-state index contributed by atoms with van der Waals surface area (Å²) in [7, 11) is 0. The van der Waals surface area contributed by atoms with Crippen LogP contribution in [-0.4, -0.2) is 22.7 Å². The maximum absolute atomic E-state index is 12.5. The minimum Gasteiger partial charge on any atom is -0.834 e. The molecule has 0 saturated heterocycles. The summed E-state index contributed by atoms with van der Waals surface area (Å²) in [4.78, 5) is 4.68. The van der Waals surface area contributed by atoms with Gasteiger partial charge in [0.1, 0.15) is 11.6 Å². The second kappa shape index (κ2) is 6.77. The zero-order valence-corrected chi connectivity index (χ0v) is 15.4. The Hall–Kier alpha value is -0.434. The summed E-state index contributed by atoms with van der Waals surface area (Å²) >= 11 is 0. The predicted octanol–water partition coefficient (Wildman–Crippen LogP) is -1.68. The first-order valence-electron chi connectivity index (χ1n) is 6.74. The van der Waals surface area contributed by atoms with Crippen LogP contribution >= 0.6 is 0 Å². The fourth-order valence-electron chi connectivity index (χ4n) is 2.64. The van der Waals surface area contributed by atoms with Crippen molar-refractivity contribution in [3.05, 3.63) is 54.1 Å². The average molecular weight is 308 g/mol. The zero-order valence-electron chi connectivity index (χ0n) is 12.3. The maximum atomic E-state index is 12.5. The number of nitrogens with zero attached hydrogens (tertiary/aromatic N) is 1. The molecule has 0 bridgehead atoms. The average Bonchev–Trinajstić information content (AvgIpc) is 2.91. The number of hydrogen-bond acceptors (Lipinski definition) is 4. The van der Waals surface area contributed by atoms with E-state index in [2.05, 4.69) is 22.5 Å². The third-order valence-electron chi connectivity index (χ3n) is 3.64. The molecule has 4 nitrogen and oxygen atoms in total. The van der Waals surface area contributed by atoms with E-state index in [4.69, 9.17) is 0 Å². The van der Waals surface area contributed by atoms with Gasteiger partial charge in [0, 0.05) is 11.5 Å². The SMILES string of the molecule is CC1([O-])CC(C2C=CC=C2)N=C(c2ccc(O)cc2)N1.[K+]. The Balaban J connectivity index is 0.00000161. The van der Waals surface area contributed by atoms with E-state index in [9.17, 15) is 10.2 Å². The van der Waals surface area contributed by atoms with Crippen LogP contribution in [0.1, 0.15) is 18.9 Å². The molecular formula is C16H17KN2O2. The van der Waals surface area contributed by atoms with Gasteiger partial charge in [-0.05, 0) is 36.4 Å². The summed E-state index contributed by atoms with van der Waals surface area (Å²) in [6, 6.07) is 6.68. The molecule has 21 heavy (non-hydrogen) atoms. The van der Waals surface area contributed by atoms with Crippen molar-refractivity contribution >= 4 is 5.84 Å². The number of hydrogen-bond donors (Lipinski definition) is 2. The summed E-state index contributed by atoms with van der Waals surface area (Å²) in [6.07, 6.45) is 8.58. The first-order valence-corrected chi connectivity index (χ1v) is 6.74. The van der Waals surface area contributed by atoms with Crippen molar-refractivity contribution in [2.45, 2.75) is 25.1 Å². The molecular weight excluding hydrogens is 291 g/mol. The van der Waals surface area contributed by atoms with Crippen LogP contribution in [0.5, 0.6) is 5.75 Å². The molecule has 0 amide bonds. The molecule has 1 aliphatic carbocycles. The topological polar surface area (TPSA) is 67.7 Å². The normalized spacial score (nSPS) is 27.9.